The third-order valence-corrected chi connectivity index (χ3v) is 4.13. The Bertz CT molecular complexity index is 663. The highest BCUT2D eigenvalue weighted by molar-refractivity contribution is 6.35. The van der Waals surface area contributed by atoms with Crippen molar-refractivity contribution in [1.82, 2.24) is 14.8 Å². The largest absolute Gasteiger partial charge is 0.492 e. The Morgan fingerprint density at radius 1 is 1.41 bits per heavy atom. The van der Waals surface area contributed by atoms with E-state index < -0.39 is 0 Å². The molecule has 0 amide bonds. The SMILES string of the molecule is C#CC(C)(C)C(COc1ccc(Cl)cc1Cl)Cn1cncn1. The molecule has 2 aromatic rings. The smallest absolute Gasteiger partial charge is 0.137 e. The van der Waals surface area contributed by atoms with Crippen LogP contribution in [0, 0.1) is 23.7 Å². The van der Waals surface area contributed by atoms with Crippen molar-refractivity contribution in [1.29, 1.82) is 0 Å². The Balaban J connectivity index is 2.11. The summed E-state index contributed by atoms with van der Waals surface area (Å²) in [5, 5.41) is 5.17. The number of benzene rings is 1. The molecule has 1 aromatic carbocycles. The van der Waals surface area contributed by atoms with E-state index in [1.165, 1.54) is 6.33 Å². The van der Waals surface area contributed by atoms with Gasteiger partial charge in [0.1, 0.15) is 18.4 Å². The average molecular weight is 338 g/mol. The molecule has 0 N–H and O–H groups in total. The van der Waals surface area contributed by atoms with Crippen LogP contribution in [0.2, 0.25) is 10.0 Å². The van der Waals surface area contributed by atoms with Gasteiger partial charge in [0, 0.05) is 16.4 Å². The van der Waals surface area contributed by atoms with Gasteiger partial charge < -0.3 is 4.74 Å². The quantitative estimate of drug-likeness (QED) is 0.749. The number of aromatic nitrogens is 3. The van der Waals surface area contributed by atoms with Gasteiger partial charge in [-0.1, -0.05) is 23.2 Å². The van der Waals surface area contributed by atoms with Crippen molar-refractivity contribution in [3.8, 4) is 18.1 Å². The minimum absolute atomic E-state index is 0.0472. The van der Waals surface area contributed by atoms with E-state index in [2.05, 4.69) is 16.0 Å². The summed E-state index contributed by atoms with van der Waals surface area (Å²) >= 11 is 12.0. The lowest BCUT2D eigenvalue weighted by molar-refractivity contribution is 0.151. The van der Waals surface area contributed by atoms with E-state index in [9.17, 15) is 0 Å². The highest BCUT2D eigenvalue weighted by atomic mass is 35.5. The summed E-state index contributed by atoms with van der Waals surface area (Å²) < 4.78 is 7.59. The Labute approximate surface area is 140 Å². The zero-order valence-corrected chi connectivity index (χ0v) is 14.0. The Hall–Kier alpha value is -1.70. The van der Waals surface area contributed by atoms with Gasteiger partial charge in [-0.25, -0.2) is 4.98 Å². The molecule has 0 saturated heterocycles. The van der Waals surface area contributed by atoms with E-state index in [1.54, 1.807) is 29.2 Å². The van der Waals surface area contributed by atoms with Crippen molar-refractivity contribution in [2.45, 2.75) is 20.4 Å². The fourth-order valence-corrected chi connectivity index (χ4v) is 2.41. The number of nitrogens with zero attached hydrogens (tertiary/aromatic N) is 3. The average Bonchev–Trinajstić information content (AvgIpc) is 2.98. The highest BCUT2D eigenvalue weighted by Gasteiger charge is 2.29. The van der Waals surface area contributed by atoms with Crippen LogP contribution in [0.15, 0.2) is 30.9 Å². The van der Waals surface area contributed by atoms with Crippen LogP contribution in [0.4, 0.5) is 0 Å². The molecule has 2 rings (SSSR count). The summed E-state index contributed by atoms with van der Waals surface area (Å²) in [7, 11) is 0. The molecule has 6 heteroatoms. The maximum Gasteiger partial charge on any atom is 0.137 e. The first-order valence-electron chi connectivity index (χ1n) is 6.80. The van der Waals surface area contributed by atoms with Gasteiger partial charge >= 0.3 is 0 Å². The van der Waals surface area contributed by atoms with Gasteiger partial charge in [-0.3, -0.25) is 4.68 Å². The second-order valence-corrected chi connectivity index (χ2v) is 6.41. The molecule has 0 aliphatic rings. The first kappa shape index (κ1) is 16.7. The van der Waals surface area contributed by atoms with Crippen LogP contribution in [0.3, 0.4) is 0 Å². The number of rotatable bonds is 6. The Kier molecular flexibility index (Phi) is 5.33. The lowest BCUT2D eigenvalue weighted by Crippen LogP contribution is -2.32. The van der Waals surface area contributed by atoms with Crippen molar-refractivity contribution in [2.75, 3.05) is 6.61 Å². The van der Waals surface area contributed by atoms with Crippen LogP contribution in [0.1, 0.15) is 13.8 Å². The van der Waals surface area contributed by atoms with Crippen molar-refractivity contribution >= 4 is 23.2 Å². The molecular weight excluding hydrogens is 321 g/mol. The summed E-state index contributed by atoms with van der Waals surface area (Å²) in [6.07, 6.45) is 8.82. The van der Waals surface area contributed by atoms with E-state index in [0.717, 1.165) is 0 Å². The van der Waals surface area contributed by atoms with Crippen LogP contribution in [0.5, 0.6) is 5.75 Å². The van der Waals surface area contributed by atoms with Crippen molar-refractivity contribution in [2.24, 2.45) is 11.3 Å². The fraction of sp³-hybridized carbons (Fsp3) is 0.375. The molecule has 4 nitrogen and oxygen atoms in total. The van der Waals surface area contributed by atoms with E-state index in [1.807, 2.05) is 13.8 Å². The second kappa shape index (κ2) is 7.04. The van der Waals surface area contributed by atoms with Crippen molar-refractivity contribution < 1.29 is 4.74 Å². The Morgan fingerprint density at radius 2 is 2.18 bits per heavy atom. The van der Waals surface area contributed by atoms with Crippen LogP contribution in [-0.2, 0) is 6.54 Å². The normalized spacial score (nSPS) is 12.7. The first-order chi connectivity index (χ1) is 10.4. The molecule has 0 aliphatic carbocycles. The van der Waals surface area contributed by atoms with E-state index in [4.69, 9.17) is 34.4 Å². The minimum atomic E-state index is -0.356. The lowest BCUT2D eigenvalue weighted by atomic mass is 9.80. The van der Waals surface area contributed by atoms with E-state index in [0.29, 0.717) is 28.9 Å². The highest BCUT2D eigenvalue weighted by Crippen LogP contribution is 2.31. The maximum atomic E-state index is 6.13. The molecule has 1 atom stereocenters. The van der Waals surface area contributed by atoms with Crippen LogP contribution < -0.4 is 4.74 Å². The van der Waals surface area contributed by atoms with E-state index in [-0.39, 0.29) is 11.3 Å². The summed E-state index contributed by atoms with van der Waals surface area (Å²) in [5.41, 5.74) is -0.356. The van der Waals surface area contributed by atoms with Gasteiger partial charge in [0.2, 0.25) is 0 Å². The topological polar surface area (TPSA) is 39.9 Å². The molecule has 1 heterocycles. The molecule has 116 valence electrons. The molecule has 0 saturated carbocycles. The molecule has 0 spiro atoms. The third-order valence-electron chi connectivity index (χ3n) is 3.60. The number of terminal acetylenes is 1. The van der Waals surface area contributed by atoms with Crippen molar-refractivity contribution in [3.63, 3.8) is 0 Å². The van der Waals surface area contributed by atoms with E-state index >= 15 is 0 Å². The predicted molar refractivity (Wildman–Crippen MR) is 88.1 cm³/mol. The zero-order valence-electron chi connectivity index (χ0n) is 12.5. The molecule has 0 aliphatic heterocycles. The maximum absolute atomic E-state index is 6.13. The van der Waals surface area contributed by atoms with Crippen LogP contribution in [-0.4, -0.2) is 21.4 Å². The molecule has 1 aromatic heterocycles. The standard InChI is InChI=1S/C16H17Cl2N3O/c1-4-16(2,3)12(8-21-11-19-10-20-21)9-22-15-6-5-13(17)7-14(15)18/h1,5-7,10-12H,8-9H2,2-3H3. The van der Waals surface area contributed by atoms with Crippen LogP contribution in [0.25, 0.3) is 0 Å². The lowest BCUT2D eigenvalue weighted by Gasteiger charge is -2.29. The Morgan fingerprint density at radius 3 is 2.77 bits per heavy atom. The number of hydrogen-bond acceptors (Lipinski definition) is 3. The molecular formula is C16H17Cl2N3O. The molecule has 0 fully saturated rings. The third kappa shape index (κ3) is 4.16. The van der Waals surface area contributed by atoms with Gasteiger partial charge in [-0.2, -0.15) is 5.10 Å². The summed E-state index contributed by atoms with van der Waals surface area (Å²) in [6, 6.07) is 5.14. The number of hydrogen-bond donors (Lipinski definition) is 0. The van der Waals surface area contributed by atoms with Gasteiger partial charge in [0.15, 0.2) is 0 Å². The molecule has 0 bridgehead atoms. The zero-order chi connectivity index (χ0) is 16.2. The monoisotopic (exact) mass is 337 g/mol. The second-order valence-electron chi connectivity index (χ2n) is 5.57. The molecule has 22 heavy (non-hydrogen) atoms. The molecule has 0 radical (unpaired) electrons. The molecule has 1 unspecified atom stereocenters. The van der Waals surface area contributed by atoms with Crippen LogP contribution >= 0.6 is 23.2 Å². The number of halogens is 2. The summed E-state index contributed by atoms with van der Waals surface area (Å²) in [4.78, 5) is 3.95. The first-order valence-corrected chi connectivity index (χ1v) is 7.56. The number of ether oxygens (including phenoxy) is 1. The summed E-state index contributed by atoms with van der Waals surface area (Å²) in [6.45, 7) is 5.03. The van der Waals surface area contributed by atoms with Crippen molar-refractivity contribution in [3.05, 3.63) is 40.9 Å². The fourth-order valence-electron chi connectivity index (χ4n) is 1.94. The minimum Gasteiger partial charge on any atom is -0.492 e. The van der Waals surface area contributed by atoms with Gasteiger partial charge in [-0.05, 0) is 32.0 Å². The van der Waals surface area contributed by atoms with Gasteiger partial charge in [-0.15, -0.1) is 12.3 Å². The summed E-state index contributed by atoms with van der Waals surface area (Å²) in [5.74, 6) is 3.45. The predicted octanol–water partition coefficient (Wildman–Crippen LogP) is 3.94. The van der Waals surface area contributed by atoms with Gasteiger partial charge in [0.25, 0.3) is 0 Å². The van der Waals surface area contributed by atoms with Gasteiger partial charge in [0.05, 0.1) is 18.2 Å².